The second-order valence-electron chi connectivity index (χ2n) is 7.76. The molecule has 0 atom stereocenters. The Labute approximate surface area is 167 Å². The molecule has 0 spiro atoms. The number of ether oxygens (including phenoxy) is 1. The molecule has 6 heteroatoms. The molecule has 1 aliphatic rings. The summed E-state index contributed by atoms with van der Waals surface area (Å²) in [7, 11) is 0. The van der Waals surface area contributed by atoms with Gasteiger partial charge in [-0.3, -0.25) is 4.79 Å². The van der Waals surface area contributed by atoms with Crippen LogP contribution in [0.15, 0.2) is 24.3 Å². The summed E-state index contributed by atoms with van der Waals surface area (Å²) in [6, 6.07) is 8.02. The molecule has 0 radical (unpaired) electrons. The van der Waals surface area contributed by atoms with Crippen molar-refractivity contribution in [2.45, 2.75) is 40.5 Å². The Kier molecular flexibility index (Phi) is 6.17. The zero-order valence-electron chi connectivity index (χ0n) is 17.5. The number of rotatable bonds is 5. The van der Waals surface area contributed by atoms with Gasteiger partial charge >= 0.3 is 0 Å². The van der Waals surface area contributed by atoms with Crippen LogP contribution >= 0.6 is 0 Å². The minimum Gasteiger partial charge on any atom is -0.483 e. The lowest BCUT2D eigenvalue weighted by Gasteiger charge is -2.35. The summed E-state index contributed by atoms with van der Waals surface area (Å²) < 4.78 is 5.83. The van der Waals surface area contributed by atoms with Crippen molar-refractivity contribution in [3.63, 3.8) is 0 Å². The van der Waals surface area contributed by atoms with Crippen molar-refractivity contribution in [2.75, 3.05) is 37.7 Å². The lowest BCUT2D eigenvalue weighted by molar-refractivity contribution is -0.133. The van der Waals surface area contributed by atoms with Crippen LogP contribution in [0.1, 0.15) is 42.4 Å². The van der Waals surface area contributed by atoms with Gasteiger partial charge in [-0.2, -0.15) is 0 Å². The van der Waals surface area contributed by atoms with Crippen LogP contribution in [0.5, 0.6) is 5.75 Å². The van der Waals surface area contributed by atoms with Gasteiger partial charge in [0.1, 0.15) is 17.4 Å². The molecule has 0 saturated carbocycles. The largest absolute Gasteiger partial charge is 0.483 e. The van der Waals surface area contributed by atoms with Crippen LogP contribution in [-0.2, 0) is 4.79 Å². The Morgan fingerprint density at radius 2 is 1.71 bits per heavy atom. The molecule has 0 N–H and O–H groups in total. The average Bonchev–Trinajstić information content (AvgIpc) is 2.67. The Hall–Kier alpha value is -2.63. The van der Waals surface area contributed by atoms with Gasteiger partial charge in [0, 0.05) is 43.9 Å². The summed E-state index contributed by atoms with van der Waals surface area (Å²) in [4.78, 5) is 25.9. The van der Waals surface area contributed by atoms with Crippen molar-refractivity contribution in [1.82, 2.24) is 14.9 Å². The van der Waals surface area contributed by atoms with Gasteiger partial charge in [0.15, 0.2) is 6.61 Å². The maximum atomic E-state index is 12.6. The smallest absolute Gasteiger partial charge is 0.260 e. The maximum Gasteiger partial charge on any atom is 0.260 e. The van der Waals surface area contributed by atoms with E-state index in [1.807, 2.05) is 49.9 Å². The molecule has 2 heterocycles. The van der Waals surface area contributed by atoms with E-state index in [-0.39, 0.29) is 12.5 Å². The summed E-state index contributed by atoms with van der Waals surface area (Å²) in [5.41, 5.74) is 3.09. The van der Waals surface area contributed by atoms with Crippen molar-refractivity contribution in [1.29, 1.82) is 0 Å². The molecule has 28 heavy (non-hydrogen) atoms. The van der Waals surface area contributed by atoms with Gasteiger partial charge in [-0.1, -0.05) is 32.0 Å². The van der Waals surface area contributed by atoms with Gasteiger partial charge in [0.05, 0.1) is 0 Å². The fourth-order valence-corrected chi connectivity index (χ4v) is 3.43. The van der Waals surface area contributed by atoms with Gasteiger partial charge in [-0.25, -0.2) is 9.97 Å². The van der Waals surface area contributed by atoms with Crippen molar-refractivity contribution in [3.05, 3.63) is 46.9 Å². The van der Waals surface area contributed by atoms with E-state index >= 15 is 0 Å². The maximum absolute atomic E-state index is 12.6. The second kappa shape index (κ2) is 8.59. The van der Waals surface area contributed by atoms with E-state index in [1.54, 1.807) is 0 Å². The lowest BCUT2D eigenvalue weighted by atomic mass is 10.1. The number of amides is 1. The fourth-order valence-electron chi connectivity index (χ4n) is 3.43. The molecule has 1 saturated heterocycles. The molecule has 150 valence electrons. The molecule has 3 rings (SSSR count). The van der Waals surface area contributed by atoms with Crippen LogP contribution in [-0.4, -0.2) is 53.6 Å². The van der Waals surface area contributed by atoms with Crippen LogP contribution in [0.3, 0.4) is 0 Å². The highest BCUT2D eigenvalue weighted by atomic mass is 16.5. The molecule has 0 bridgehead atoms. The molecule has 1 aliphatic heterocycles. The minimum atomic E-state index is 0.0315. The van der Waals surface area contributed by atoms with Crippen molar-refractivity contribution in [3.8, 4) is 5.75 Å². The lowest BCUT2D eigenvalue weighted by Crippen LogP contribution is -2.50. The van der Waals surface area contributed by atoms with Gasteiger partial charge in [-0.15, -0.1) is 0 Å². The standard InChI is InChI=1S/C22H30N4O2/c1-15(2)22-23-18(5)13-19(24-22)25-9-11-26(12-10-25)20(27)14-28-21-16(3)7-6-8-17(21)4/h6-8,13,15H,9-12,14H2,1-5H3. The van der Waals surface area contributed by atoms with E-state index in [2.05, 4.69) is 23.7 Å². The number of nitrogens with zero attached hydrogens (tertiary/aromatic N) is 4. The number of aromatic nitrogens is 2. The number of hydrogen-bond donors (Lipinski definition) is 0. The molecule has 0 aliphatic carbocycles. The van der Waals surface area contributed by atoms with Crippen LogP contribution in [0.4, 0.5) is 5.82 Å². The predicted octanol–water partition coefficient (Wildman–Crippen LogP) is 3.25. The second-order valence-corrected chi connectivity index (χ2v) is 7.76. The summed E-state index contributed by atoms with van der Waals surface area (Å²) in [6.07, 6.45) is 0. The molecule has 1 amide bonds. The Morgan fingerprint density at radius 3 is 2.32 bits per heavy atom. The topological polar surface area (TPSA) is 58.6 Å². The number of para-hydroxylation sites is 1. The number of carbonyl (C=O) groups excluding carboxylic acids is 1. The van der Waals surface area contributed by atoms with E-state index in [0.29, 0.717) is 19.0 Å². The third kappa shape index (κ3) is 4.61. The first-order chi connectivity index (χ1) is 13.3. The molecule has 1 fully saturated rings. The molecular weight excluding hydrogens is 352 g/mol. The summed E-state index contributed by atoms with van der Waals surface area (Å²) >= 11 is 0. The van der Waals surface area contributed by atoms with Gasteiger partial charge in [0.25, 0.3) is 5.91 Å². The SMILES string of the molecule is Cc1cc(N2CCN(C(=O)COc3c(C)cccc3C)CC2)nc(C(C)C)n1. The third-order valence-electron chi connectivity index (χ3n) is 5.08. The first kappa shape index (κ1) is 20.1. The highest BCUT2D eigenvalue weighted by Crippen LogP contribution is 2.23. The van der Waals surface area contributed by atoms with Gasteiger partial charge < -0.3 is 14.5 Å². The number of piperazine rings is 1. The van der Waals surface area contributed by atoms with Crippen molar-refractivity contribution in [2.24, 2.45) is 0 Å². The monoisotopic (exact) mass is 382 g/mol. The quantitative estimate of drug-likeness (QED) is 0.794. The van der Waals surface area contributed by atoms with Crippen molar-refractivity contribution >= 4 is 11.7 Å². The van der Waals surface area contributed by atoms with Crippen LogP contribution in [0.25, 0.3) is 0 Å². The van der Waals surface area contributed by atoms with Crippen molar-refractivity contribution < 1.29 is 9.53 Å². The van der Waals surface area contributed by atoms with Crippen LogP contribution in [0, 0.1) is 20.8 Å². The molecule has 1 aromatic heterocycles. The van der Waals surface area contributed by atoms with Crippen LogP contribution in [0.2, 0.25) is 0 Å². The number of hydrogen-bond acceptors (Lipinski definition) is 5. The summed E-state index contributed by atoms with van der Waals surface area (Å²) in [6.45, 7) is 13.2. The van der Waals surface area contributed by atoms with E-state index in [9.17, 15) is 4.79 Å². The zero-order chi connectivity index (χ0) is 20.3. The average molecular weight is 383 g/mol. The number of benzene rings is 1. The van der Waals surface area contributed by atoms with Crippen LogP contribution < -0.4 is 9.64 Å². The summed E-state index contributed by atoms with van der Waals surface area (Å²) in [5.74, 6) is 2.96. The van der Waals surface area contributed by atoms with E-state index in [0.717, 1.165) is 47.3 Å². The third-order valence-corrected chi connectivity index (χ3v) is 5.08. The highest BCUT2D eigenvalue weighted by molar-refractivity contribution is 5.78. The molecule has 2 aromatic rings. The fraction of sp³-hybridized carbons (Fsp3) is 0.500. The summed E-state index contributed by atoms with van der Waals surface area (Å²) in [5, 5.41) is 0. The van der Waals surface area contributed by atoms with E-state index < -0.39 is 0 Å². The Morgan fingerprint density at radius 1 is 1.07 bits per heavy atom. The minimum absolute atomic E-state index is 0.0315. The molecule has 6 nitrogen and oxygen atoms in total. The number of aryl methyl sites for hydroxylation is 3. The molecule has 1 aromatic carbocycles. The predicted molar refractivity (Wildman–Crippen MR) is 111 cm³/mol. The first-order valence-corrected chi connectivity index (χ1v) is 9.92. The zero-order valence-corrected chi connectivity index (χ0v) is 17.5. The Bertz CT molecular complexity index is 822. The number of anilines is 1. The normalized spacial score (nSPS) is 14.5. The molecule has 0 unspecified atom stereocenters. The highest BCUT2D eigenvalue weighted by Gasteiger charge is 2.23. The van der Waals surface area contributed by atoms with E-state index in [4.69, 9.17) is 9.72 Å². The number of carbonyl (C=O) groups is 1. The van der Waals surface area contributed by atoms with Gasteiger partial charge in [0.2, 0.25) is 0 Å². The van der Waals surface area contributed by atoms with Gasteiger partial charge in [-0.05, 0) is 31.9 Å². The first-order valence-electron chi connectivity index (χ1n) is 9.92. The molecular formula is C22H30N4O2. The van der Waals surface area contributed by atoms with E-state index in [1.165, 1.54) is 0 Å². The Balaban J connectivity index is 1.57.